The van der Waals surface area contributed by atoms with Crippen molar-refractivity contribution in [2.75, 3.05) is 13.1 Å². The van der Waals surface area contributed by atoms with E-state index in [0.717, 1.165) is 24.1 Å². The maximum atomic E-state index is 10.9. The van der Waals surface area contributed by atoms with Crippen LogP contribution in [0.2, 0.25) is 0 Å². The average Bonchev–Trinajstić information content (AvgIpc) is 2.97. The monoisotopic (exact) mass is 271 g/mol. The maximum Gasteiger partial charge on any atom is 0.407 e. The molecule has 3 rings (SSSR count). The molecule has 1 aromatic heterocycles. The fourth-order valence-electron chi connectivity index (χ4n) is 2.74. The highest BCUT2D eigenvalue weighted by Gasteiger charge is 2.25. The molecule has 104 valence electrons. The molecule has 0 saturated carbocycles. The fourth-order valence-corrected chi connectivity index (χ4v) is 2.74. The van der Waals surface area contributed by atoms with E-state index in [-0.39, 0.29) is 6.04 Å². The van der Waals surface area contributed by atoms with Crippen molar-refractivity contribution in [3.63, 3.8) is 0 Å². The molecule has 0 aliphatic carbocycles. The zero-order valence-electron chi connectivity index (χ0n) is 11.1. The van der Waals surface area contributed by atoms with Crippen LogP contribution in [-0.4, -0.2) is 39.0 Å². The molecule has 1 aliphatic heterocycles. The predicted molar refractivity (Wildman–Crippen MR) is 75.5 cm³/mol. The summed E-state index contributed by atoms with van der Waals surface area (Å²) in [6.45, 7) is 1.15. The lowest BCUT2D eigenvalue weighted by atomic mass is 10.0. The van der Waals surface area contributed by atoms with E-state index in [1.54, 1.807) is 0 Å². The molecule has 2 aromatic rings. The van der Waals surface area contributed by atoms with Crippen molar-refractivity contribution >= 4 is 6.09 Å². The van der Waals surface area contributed by atoms with E-state index in [0.29, 0.717) is 13.1 Å². The second-order valence-electron chi connectivity index (χ2n) is 5.03. The van der Waals surface area contributed by atoms with Gasteiger partial charge in [0.25, 0.3) is 0 Å². The summed E-state index contributed by atoms with van der Waals surface area (Å²) in [6.07, 6.45) is 2.61. The first-order valence-electron chi connectivity index (χ1n) is 6.82. The maximum absolute atomic E-state index is 10.9. The minimum absolute atomic E-state index is 0.274. The molecule has 1 aliphatic rings. The van der Waals surface area contributed by atoms with Crippen molar-refractivity contribution in [2.45, 2.75) is 18.9 Å². The highest BCUT2D eigenvalue weighted by atomic mass is 16.4. The van der Waals surface area contributed by atoms with Gasteiger partial charge in [0.15, 0.2) is 0 Å². The lowest BCUT2D eigenvalue weighted by Crippen LogP contribution is -2.38. The number of hydrogen-bond donors (Lipinski definition) is 1. The van der Waals surface area contributed by atoms with Crippen molar-refractivity contribution in [3.8, 4) is 11.3 Å². The van der Waals surface area contributed by atoms with Gasteiger partial charge in [-0.25, -0.2) is 4.79 Å². The van der Waals surface area contributed by atoms with Crippen molar-refractivity contribution in [2.24, 2.45) is 0 Å². The first-order chi connectivity index (χ1) is 9.75. The van der Waals surface area contributed by atoms with Crippen LogP contribution >= 0.6 is 0 Å². The number of benzene rings is 1. The molecule has 0 radical (unpaired) electrons. The summed E-state index contributed by atoms with van der Waals surface area (Å²) in [4.78, 5) is 12.4. The molecule has 0 spiro atoms. The first kappa shape index (κ1) is 12.7. The molecule has 2 heterocycles. The van der Waals surface area contributed by atoms with Crippen LogP contribution in [0.5, 0.6) is 0 Å². The molecule has 0 bridgehead atoms. The Balaban J connectivity index is 1.80. The number of carbonyl (C=O) groups is 1. The SMILES string of the molecule is O=C(O)N1CCC(n2nccc2-c2ccccc2)CC1. The Bertz CT molecular complexity index is 586. The van der Waals surface area contributed by atoms with E-state index >= 15 is 0 Å². The minimum atomic E-state index is -0.827. The van der Waals surface area contributed by atoms with Gasteiger partial charge in [0.1, 0.15) is 0 Å². The predicted octanol–water partition coefficient (Wildman–Crippen LogP) is 2.87. The van der Waals surface area contributed by atoms with E-state index in [1.807, 2.05) is 35.1 Å². The molecular formula is C15H17N3O2. The molecule has 0 unspecified atom stereocenters. The summed E-state index contributed by atoms with van der Waals surface area (Å²) in [7, 11) is 0. The molecular weight excluding hydrogens is 254 g/mol. The molecule has 5 heteroatoms. The van der Waals surface area contributed by atoms with Gasteiger partial charge in [0.2, 0.25) is 0 Å². The van der Waals surface area contributed by atoms with Gasteiger partial charge in [-0.3, -0.25) is 4.68 Å². The zero-order chi connectivity index (χ0) is 13.9. The zero-order valence-corrected chi connectivity index (χ0v) is 11.1. The Labute approximate surface area is 117 Å². The van der Waals surface area contributed by atoms with Gasteiger partial charge in [-0.05, 0) is 24.5 Å². The fraction of sp³-hybridized carbons (Fsp3) is 0.333. The Hall–Kier alpha value is -2.30. The summed E-state index contributed by atoms with van der Waals surface area (Å²) in [5.41, 5.74) is 2.24. The largest absolute Gasteiger partial charge is 0.465 e. The molecule has 1 aromatic carbocycles. The van der Waals surface area contributed by atoms with Crippen LogP contribution in [0.4, 0.5) is 4.79 Å². The van der Waals surface area contributed by atoms with Gasteiger partial charge in [-0.15, -0.1) is 0 Å². The number of rotatable bonds is 2. The van der Waals surface area contributed by atoms with Crippen LogP contribution < -0.4 is 0 Å². The highest BCUT2D eigenvalue weighted by Crippen LogP contribution is 2.28. The van der Waals surface area contributed by atoms with Crippen LogP contribution in [-0.2, 0) is 0 Å². The number of nitrogens with zero attached hydrogens (tertiary/aromatic N) is 3. The molecule has 1 N–H and O–H groups in total. The second-order valence-corrected chi connectivity index (χ2v) is 5.03. The molecule has 1 saturated heterocycles. The standard InChI is InChI=1S/C15H17N3O2/c19-15(20)17-10-7-13(8-11-17)18-14(6-9-16-18)12-4-2-1-3-5-12/h1-6,9,13H,7-8,10-11H2,(H,19,20). The summed E-state index contributed by atoms with van der Waals surface area (Å²) in [5.74, 6) is 0. The molecule has 20 heavy (non-hydrogen) atoms. The van der Waals surface area contributed by atoms with Gasteiger partial charge in [-0.2, -0.15) is 5.10 Å². The van der Waals surface area contributed by atoms with E-state index in [9.17, 15) is 4.79 Å². The van der Waals surface area contributed by atoms with Gasteiger partial charge in [0, 0.05) is 19.3 Å². The first-order valence-corrected chi connectivity index (χ1v) is 6.82. The van der Waals surface area contributed by atoms with E-state index in [4.69, 9.17) is 5.11 Å². The summed E-state index contributed by atoms with van der Waals surface area (Å²) in [5, 5.41) is 13.4. The third-order valence-corrected chi connectivity index (χ3v) is 3.82. The number of piperidine rings is 1. The normalized spacial score (nSPS) is 16.3. The van der Waals surface area contributed by atoms with Crippen LogP contribution in [0.15, 0.2) is 42.6 Å². The third-order valence-electron chi connectivity index (χ3n) is 3.82. The van der Waals surface area contributed by atoms with Crippen molar-refractivity contribution in [3.05, 3.63) is 42.6 Å². The number of likely N-dealkylation sites (tertiary alicyclic amines) is 1. The Morgan fingerprint density at radius 3 is 2.50 bits per heavy atom. The number of hydrogen-bond acceptors (Lipinski definition) is 2. The van der Waals surface area contributed by atoms with Crippen LogP contribution in [0.25, 0.3) is 11.3 Å². The van der Waals surface area contributed by atoms with E-state index < -0.39 is 6.09 Å². The van der Waals surface area contributed by atoms with Crippen LogP contribution in [0.3, 0.4) is 0 Å². The minimum Gasteiger partial charge on any atom is -0.465 e. The van der Waals surface area contributed by atoms with Gasteiger partial charge in [-0.1, -0.05) is 30.3 Å². The number of amides is 1. The Morgan fingerprint density at radius 1 is 1.15 bits per heavy atom. The van der Waals surface area contributed by atoms with Crippen molar-refractivity contribution < 1.29 is 9.90 Å². The lowest BCUT2D eigenvalue weighted by Gasteiger charge is -2.31. The molecule has 5 nitrogen and oxygen atoms in total. The van der Waals surface area contributed by atoms with Crippen LogP contribution in [0, 0.1) is 0 Å². The molecule has 1 amide bonds. The van der Waals surface area contributed by atoms with E-state index in [2.05, 4.69) is 17.2 Å². The Kier molecular flexibility index (Phi) is 3.41. The van der Waals surface area contributed by atoms with Crippen molar-refractivity contribution in [1.29, 1.82) is 0 Å². The average molecular weight is 271 g/mol. The lowest BCUT2D eigenvalue weighted by molar-refractivity contribution is 0.124. The topological polar surface area (TPSA) is 58.4 Å². The second kappa shape index (κ2) is 5.36. The molecule has 0 atom stereocenters. The third kappa shape index (κ3) is 2.39. The van der Waals surface area contributed by atoms with Crippen LogP contribution in [0.1, 0.15) is 18.9 Å². The summed E-state index contributed by atoms with van der Waals surface area (Å²) < 4.78 is 2.04. The quantitative estimate of drug-likeness (QED) is 0.913. The van der Waals surface area contributed by atoms with E-state index in [1.165, 1.54) is 4.90 Å². The van der Waals surface area contributed by atoms with Crippen molar-refractivity contribution in [1.82, 2.24) is 14.7 Å². The Morgan fingerprint density at radius 2 is 1.85 bits per heavy atom. The van der Waals surface area contributed by atoms with Gasteiger partial charge >= 0.3 is 6.09 Å². The number of aromatic nitrogens is 2. The van der Waals surface area contributed by atoms with Gasteiger partial charge in [0.05, 0.1) is 11.7 Å². The smallest absolute Gasteiger partial charge is 0.407 e. The molecule has 1 fully saturated rings. The number of carboxylic acid groups (broad SMARTS) is 1. The summed E-state index contributed by atoms with van der Waals surface area (Å²) in [6, 6.07) is 12.4. The summed E-state index contributed by atoms with van der Waals surface area (Å²) >= 11 is 0. The highest BCUT2D eigenvalue weighted by molar-refractivity contribution is 5.65. The van der Waals surface area contributed by atoms with Gasteiger partial charge < -0.3 is 10.0 Å².